The van der Waals surface area contributed by atoms with Crippen LogP contribution in [0.15, 0.2) is 9.85 Å². The molecule has 1 aromatic rings. The first-order valence-electron chi connectivity index (χ1n) is 5.99. The Kier molecular flexibility index (Phi) is 4.78. The van der Waals surface area contributed by atoms with Crippen molar-refractivity contribution in [3.05, 3.63) is 5.51 Å². The lowest BCUT2D eigenvalue weighted by Crippen LogP contribution is -2.49. The summed E-state index contributed by atoms with van der Waals surface area (Å²) in [6.07, 6.45) is 4.66. The van der Waals surface area contributed by atoms with E-state index in [2.05, 4.69) is 15.5 Å². The summed E-state index contributed by atoms with van der Waals surface area (Å²) in [5.41, 5.74) is 1.73. The highest BCUT2D eigenvalue weighted by molar-refractivity contribution is 8.00. The van der Waals surface area contributed by atoms with Gasteiger partial charge in [0.05, 0.1) is 6.61 Å². The number of hydrogen-bond donors (Lipinski definition) is 2. The van der Waals surface area contributed by atoms with Gasteiger partial charge in [0.2, 0.25) is 0 Å². The Balaban J connectivity index is 1.82. The summed E-state index contributed by atoms with van der Waals surface area (Å²) < 4.78 is 1.04. The van der Waals surface area contributed by atoms with Gasteiger partial charge < -0.3 is 10.4 Å². The fourth-order valence-corrected chi connectivity index (χ4v) is 4.31. The molecule has 0 aliphatic heterocycles. The van der Waals surface area contributed by atoms with Gasteiger partial charge in [-0.25, -0.2) is 0 Å². The maximum Gasteiger partial charge on any atom is 0.174 e. The van der Waals surface area contributed by atoms with Crippen molar-refractivity contribution in [2.24, 2.45) is 5.92 Å². The zero-order chi connectivity index (χ0) is 12.1. The van der Waals surface area contributed by atoms with Crippen molar-refractivity contribution in [1.29, 1.82) is 0 Å². The Hall–Kier alpha value is -0.170. The summed E-state index contributed by atoms with van der Waals surface area (Å²) in [4.78, 5) is 0. The lowest BCUT2D eigenvalue weighted by molar-refractivity contribution is 0.130. The molecule has 2 N–H and O–H groups in total. The molecule has 0 saturated heterocycles. The van der Waals surface area contributed by atoms with Crippen LogP contribution in [0, 0.1) is 5.92 Å². The van der Waals surface area contributed by atoms with Crippen LogP contribution in [-0.2, 0) is 0 Å². The molecular formula is C11H19N3OS2. The molecule has 1 aromatic heterocycles. The highest BCUT2D eigenvalue weighted by Gasteiger charge is 2.40. The van der Waals surface area contributed by atoms with Gasteiger partial charge in [-0.3, -0.25) is 0 Å². The number of likely N-dealkylation sites (N-methyl/N-ethyl adjacent to an activating group) is 1. The Morgan fingerprint density at radius 2 is 2.59 bits per heavy atom. The second-order valence-corrected chi connectivity index (χ2v) is 6.67. The molecule has 2 rings (SSSR count). The summed E-state index contributed by atoms with van der Waals surface area (Å²) in [7, 11) is 1.96. The third-order valence-corrected chi connectivity index (χ3v) is 5.66. The highest BCUT2D eigenvalue weighted by Crippen LogP contribution is 2.38. The first-order chi connectivity index (χ1) is 8.30. The molecule has 4 nitrogen and oxygen atoms in total. The predicted molar refractivity (Wildman–Crippen MR) is 71.5 cm³/mol. The van der Waals surface area contributed by atoms with Crippen molar-refractivity contribution >= 4 is 23.1 Å². The van der Waals surface area contributed by atoms with Crippen molar-refractivity contribution in [2.45, 2.75) is 35.6 Å². The molecular weight excluding hydrogens is 254 g/mol. The molecule has 6 heteroatoms. The highest BCUT2D eigenvalue weighted by atomic mass is 32.2. The molecule has 0 amide bonds. The molecule has 0 radical (unpaired) electrons. The summed E-state index contributed by atoms with van der Waals surface area (Å²) in [6.45, 7) is 0.248. The zero-order valence-corrected chi connectivity index (χ0v) is 11.7. The zero-order valence-electron chi connectivity index (χ0n) is 10.1. The van der Waals surface area contributed by atoms with Crippen LogP contribution in [0.1, 0.15) is 25.7 Å². The normalized spacial score (nSPS) is 28.7. The molecule has 0 aromatic carbocycles. The Bertz CT molecular complexity index is 327. The van der Waals surface area contributed by atoms with Crippen molar-refractivity contribution in [2.75, 3.05) is 19.4 Å². The van der Waals surface area contributed by atoms with E-state index in [1.807, 2.05) is 7.05 Å². The Morgan fingerprint density at radius 3 is 3.24 bits per heavy atom. The fourth-order valence-electron chi connectivity index (χ4n) is 2.70. The molecule has 1 heterocycles. The molecule has 0 spiro atoms. The molecule has 1 saturated carbocycles. The number of nitrogens with one attached hydrogen (secondary N) is 1. The first-order valence-corrected chi connectivity index (χ1v) is 7.86. The minimum absolute atomic E-state index is 0.0400. The number of hydrogen-bond acceptors (Lipinski definition) is 6. The van der Waals surface area contributed by atoms with Gasteiger partial charge >= 0.3 is 0 Å². The van der Waals surface area contributed by atoms with E-state index in [0.29, 0.717) is 5.92 Å². The van der Waals surface area contributed by atoms with Gasteiger partial charge in [0, 0.05) is 11.3 Å². The topological polar surface area (TPSA) is 58.0 Å². The number of aliphatic hydroxyl groups is 1. The smallest absolute Gasteiger partial charge is 0.174 e. The molecule has 1 aliphatic carbocycles. The second kappa shape index (κ2) is 6.13. The SMILES string of the molecule is CNC1(CO)CCCC1CCSc1nncs1. The van der Waals surface area contributed by atoms with Crippen molar-refractivity contribution in [3.63, 3.8) is 0 Å². The maximum atomic E-state index is 9.58. The number of thioether (sulfide) groups is 1. The third kappa shape index (κ3) is 2.99. The molecule has 17 heavy (non-hydrogen) atoms. The number of rotatable bonds is 6. The van der Waals surface area contributed by atoms with E-state index in [1.165, 1.54) is 12.8 Å². The average molecular weight is 273 g/mol. The summed E-state index contributed by atoms with van der Waals surface area (Å²) in [5, 5.41) is 20.8. The summed E-state index contributed by atoms with van der Waals surface area (Å²) >= 11 is 3.36. The minimum Gasteiger partial charge on any atom is -0.394 e. The van der Waals surface area contributed by atoms with Gasteiger partial charge in [-0.2, -0.15) is 0 Å². The quantitative estimate of drug-likeness (QED) is 0.774. The van der Waals surface area contributed by atoms with Gasteiger partial charge in [0.1, 0.15) is 5.51 Å². The summed E-state index contributed by atoms with van der Waals surface area (Å²) in [6, 6.07) is 0. The molecule has 0 bridgehead atoms. The van der Waals surface area contributed by atoms with Gasteiger partial charge in [0.15, 0.2) is 4.34 Å². The molecule has 2 atom stereocenters. The maximum absolute atomic E-state index is 9.58. The van der Waals surface area contributed by atoms with Gasteiger partial charge in [-0.05, 0) is 32.2 Å². The van der Waals surface area contributed by atoms with E-state index in [9.17, 15) is 5.11 Å². The van der Waals surface area contributed by atoms with Crippen molar-refractivity contribution in [3.8, 4) is 0 Å². The Morgan fingerprint density at radius 1 is 1.71 bits per heavy atom. The number of aromatic nitrogens is 2. The molecule has 2 unspecified atom stereocenters. The second-order valence-electron chi connectivity index (χ2n) is 4.50. The van der Waals surface area contributed by atoms with E-state index < -0.39 is 0 Å². The number of nitrogens with zero attached hydrogens (tertiary/aromatic N) is 2. The van der Waals surface area contributed by atoms with Crippen LogP contribution >= 0.6 is 23.1 Å². The summed E-state index contributed by atoms with van der Waals surface area (Å²) in [5.74, 6) is 1.64. The largest absolute Gasteiger partial charge is 0.394 e. The van der Waals surface area contributed by atoms with Crippen molar-refractivity contribution in [1.82, 2.24) is 15.5 Å². The monoisotopic (exact) mass is 273 g/mol. The van der Waals surface area contributed by atoms with Crippen LogP contribution in [0.25, 0.3) is 0 Å². The number of aliphatic hydroxyl groups excluding tert-OH is 1. The fraction of sp³-hybridized carbons (Fsp3) is 0.818. The standard InChI is InChI=1S/C11H19N3OS2/c1-12-11(7-15)5-2-3-9(11)4-6-16-10-14-13-8-17-10/h8-9,12,15H,2-7H2,1H3. The van der Waals surface area contributed by atoms with Gasteiger partial charge in [0.25, 0.3) is 0 Å². The predicted octanol–water partition coefficient (Wildman–Crippen LogP) is 1.77. The van der Waals surface area contributed by atoms with Crippen molar-refractivity contribution < 1.29 is 5.11 Å². The minimum atomic E-state index is -0.0400. The van der Waals surface area contributed by atoms with E-state index in [4.69, 9.17) is 0 Å². The lowest BCUT2D eigenvalue weighted by atomic mass is 9.86. The van der Waals surface area contributed by atoms with Crippen LogP contribution in [0.4, 0.5) is 0 Å². The third-order valence-electron chi connectivity index (χ3n) is 3.77. The van der Waals surface area contributed by atoms with Crippen LogP contribution in [0.2, 0.25) is 0 Å². The van der Waals surface area contributed by atoms with E-state index in [1.54, 1.807) is 28.6 Å². The molecule has 1 aliphatic rings. The Labute approximate surface area is 110 Å². The van der Waals surface area contributed by atoms with Crippen LogP contribution < -0.4 is 5.32 Å². The molecule has 96 valence electrons. The van der Waals surface area contributed by atoms with Gasteiger partial charge in [-0.15, -0.1) is 10.2 Å². The van der Waals surface area contributed by atoms with E-state index >= 15 is 0 Å². The average Bonchev–Trinajstić information content (AvgIpc) is 2.99. The van der Waals surface area contributed by atoms with Crippen LogP contribution in [0.5, 0.6) is 0 Å². The van der Waals surface area contributed by atoms with Crippen LogP contribution in [0.3, 0.4) is 0 Å². The lowest BCUT2D eigenvalue weighted by Gasteiger charge is -2.33. The van der Waals surface area contributed by atoms with Gasteiger partial charge in [-0.1, -0.05) is 29.5 Å². The van der Waals surface area contributed by atoms with E-state index in [-0.39, 0.29) is 12.1 Å². The van der Waals surface area contributed by atoms with Crippen LogP contribution in [-0.4, -0.2) is 40.3 Å². The first kappa shape index (κ1) is 13.3. The van der Waals surface area contributed by atoms with E-state index in [0.717, 1.165) is 22.9 Å². The molecule has 1 fully saturated rings.